The molecule has 2 aromatic rings. The molecular formula is C21H32N4O2. The van der Waals surface area contributed by atoms with Crippen molar-refractivity contribution in [2.45, 2.75) is 59.4 Å². The number of carbonyl (C=O) groups excluding carboxylic acids is 1. The van der Waals surface area contributed by atoms with Gasteiger partial charge in [0, 0.05) is 18.8 Å². The number of nitrogens with one attached hydrogen (secondary N) is 1. The normalized spacial score (nSPS) is 11.7. The summed E-state index contributed by atoms with van der Waals surface area (Å²) in [5.74, 6) is -0.544. The van der Waals surface area contributed by atoms with E-state index < -0.39 is 5.91 Å². The topological polar surface area (TPSA) is 69.9 Å². The van der Waals surface area contributed by atoms with Crippen LogP contribution in [0.3, 0.4) is 0 Å². The molecule has 0 aliphatic carbocycles. The van der Waals surface area contributed by atoms with E-state index in [0.717, 1.165) is 62.9 Å². The van der Waals surface area contributed by atoms with Gasteiger partial charge in [0.15, 0.2) is 0 Å². The van der Waals surface area contributed by atoms with Gasteiger partial charge >= 0.3 is 0 Å². The summed E-state index contributed by atoms with van der Waals surface area (Å²) in [5, 5.41) is 8.61. The molecular weight excluding hydrogens is 340 g/mol. The summed E-state index contributed by atoms with van der Waals surface area (Å²) in [6.07, 6.45) is 10.5. The largest absolute Gasteiger partial charge is 0.302 e. The average Bonchev–Trinajstić information content (AvgIpc) is 3.01. The van der Waals surface area contributed by atoms with E-state index >= 15 is 0 Å². The second-order valence-electron chi connectivity index (χ2n) is 6.88. The van der Waals surface area contributed by atoms with Gasteiger partial charge in [0.25, 0.3) is 5.91 Å². The third kappa shape index (κ3) is 5.91. The maximum atomic E-state index is 11.2. The minimum atomic E-state index is -0.544. The molecule has 2 aromatic heterocycles. The highest BCUT2D eigenvalue weighted by Crippen LogP contribution is 2.19. The lowest BCUT2D eigenvalue weighted by molar-refractivity contribution is -0.124. The maximum Gasteiger partial charge on any atom is 0.267 e. The van der Waals surface area contributed by atoms with Crippen molar-refractivity contribution in [2.75, 3.05) is 13.1 Å². The number of pyridine rings is 1. The fourth-order valence-corrected chi connectivity index (χ4v) is 3.30. The van der Waals surface area contributed by atoms with Crippen LogP contribution >= 0.6 is 0 Å². The molecule has 0 aliphatic heterocycles. The molecule has 0 radical (unpaired) electrons. The lowest BCUT2D eigenvalue weighted by Gasteiger charge is -2.21. The van der Waals surface area contributed by atoms with Gasteiger partial charge in [-0.15, -0.1) is 0 Å². The summed E-state index contributed by atoms with van der Waals surface area (Å²) in [6.45, 7) is 9.72. The van der Waals surface area contributed by atoms with E-state index in [1.807, 2.05) is 18.3 Å². The number of aryl methyl sites for hydroxylation is 1. The molecule has 0 spiro atoms. The number of unbranched alkanes of at least 4 members (excludes halogenated alkanes) is 1. The van der Waals surface area contributed by atoms with Crippen LogP contribution in [0.25, 0.3) is 11.7 Å². The molecule has 0 aliphatic rings. The number of hydrogen-bond acceptors (Lipinski definition) is 4. The number of hydrogen-bond donors (Lipinski definition) is 2. The Hall–Kier alpha value is -2.18. The fourth-order valence-electron chi connectivity index (χ4n) is 3.30. The van der Waals surface area contributed by atoms with Crippen molar-refractivity contribution < 1.29 is 10.0 Å². The quantitative estimate of drug-likeness (QED) is 0.357. The van der Waals surface area contributed by atoms with E-state index in [-0.39, 0.29) is 0 Å². The average molecular weight is 373 g/mol. The fraction of sp³-hybridized carbons (Fsp3) is 0.524. The molecule has 6 nitrogen and oxygen atoms in total. The first-order valence-corrected chi connectivity index (χ1v) is 9.97. The summed E-state index contributed by atoms with van der Waals surface area (Å²) in [6, 6.07) is 3.94. The van der Waals surface area contributed by atoms with Crippen LogP contribution < -0.4 is 5.48 Å². The van der Waals surface area contributed by atoms with Gasteiger partial charge < -0.3 is 4.40 Å². The highest BCUT2D eigenvalue weighted by Gasteiger charge is 2.15. The monoisotopic (exact) mass is 372 g/mol. The van der Waals surface area contributed by atoms with Crippen molar-refractivity contribution in [3.8, 4) is 0 Å². The summed E-state index contributed by atoms with van der Waals surface area (Å²) >= 11 is 0. The van der Waals surface area contributed by atoms with Crippen LogP contribution in [0.2, 0.25) is 0 Å². The van der Waals surface area contributed by atoms with Crippen molar-refractivity contribution >= 4 is 17.6 Å². The Morgan fingerprint density at radius 1 is 1.26 bits per heavy atom. The first kappa shape index (κ1) is 21.1. The lowest BCUT2D eigenvalue weighted by atomic mass is 10.1. The van der Waals surface area contributed by atoms with E-state index in [1.54, 1.807) is 11.6 Å². The predicted molar refractivity (Wildman–Crippen MR) is 109 cm³/mol. The van der Waals surface area contributed by atoms with Crippen LogP contribution in [-0.2, 0) is 17.8 Å². The summed E-state index contributed by atoms with van der Waals surface area (Å²) in [4.78, 5) is 18.6. The van der Waals surface area contributed by atoms with Crippen LogP contribution in [0, 0.1) is 0 Å². The molecule has 2 heterocycles. The van der Waals surface area contributed by atoms with Gasteiger partial charge in [-0.1, -0.05) is 27.2 Å². The van der Waals surface area contributed by atoms with Crippen LogP contribution in [-0.4, -0.2) is 38.5 Å². The molecule has 0 unspecified atom stereocenters. The second-order valence-corrected chi connectivity index (χ2v) is 6.88. The first-order valence-electron chi connectivity index (χ1n) is 9.97. The first-order chi connectivity index (χ1) is 13.1. The van der Waals surface area contributed by atoms with Gasteiger partial charge in [0.05, 0.1) is 11.4 Å². The molecule has 148 valence electrons. The van der Waals surface area contributed by atoms with E-state index in [1.165, 1.54) is 17.5 Å². The van der Waals surface area contributed by atoms with Crippen molar-refractivity contribution in [3.05, 3.63) is 41.4 Å². The number of carbonyl (C=O) groups is 1. The Morgan fingerprint density at radius 2 is 2.00 bits per heavy atom. The number of hydroxylamine groups is 1. The van der Waals surface area contributed by atoms with Crippen LogP contribution in [0.4, 0.5) is 0 Å². The predicted octanol–water partition coefficient (Wildman–Crippen LogP) is 3.82. The maximum absolute atomic E-state index is 11.2. The molecule has 2 rings (SSSR count). The van der Waals surface area contributed by atoms with Crippen LogP contribution in [0.1, 0.15) is 63.4 Å². The molecule has 0 fully saturated rings. The number of aromatic nitrogens is 2. The Labute approximate surface area is 161 Å². The Morgan fingerprint density at radius 3 is 2.63 bits per heavy atom. The van der Waals surface area contributed by atoms with Crippen molar-refractivity contribution in [1.82, 2.24) is 19.8 Å². The van der Waals surface area contributed by atoms with Gasteiger partial charge in [0.1, 0.15) is 5.65 Å². The number of rotatable bonds is 11. The number of fused-ring (bicyclic) bond motifs is 1. The zero-order valence-electron chi connectivity index (χ0n) is 16.7. The third-order valence-corrected chi connectivity index (χ3v) is 4.59. The zero-order valence-corrected chi connectivity index (χ0v) is 16.7. The van der Waals surface area contributed by atoms with Gasteiger partial charge in [-0.05, 0) is 62.5 Å². The lowest BCUT2D eigenvalue weighted by Crippen LogP contribution is -2.26. The SMILES string of the molecule is CCCCc1nc2cc(/C=C/C(=O)NO)ccn2c1CN(CCC)CCC. The van der Waals surface area contributed by atoms with E-state index in [4.69, 9.17) is 10.2 Å². The summed E-state index contributed by atoms with van der Waals surface area (Å²) < 4.78 is 2.17. The van der Waals surface area contributed by atoms with Crippen LogP contribution in [0.15, 0.2) is 24.4 Å². The van der Waals surface area contributed by atoms with Crippen LogP contribution in [0.5, 0.6) is 0 Å². The second kappa shape index (κ2) is 10.8. The standard InChI is InChI=1S/C21H32N4O2/c1-4-7-8-18-19(16-24(12-5-2)13-6-3)25-14-11-17(15-20(25)22-18)9-10-21(26)23-27/h9-11,14-15,27H,4-8,12-13,16H2,1-3H3,(H,23,26)/b10-9+. The van der Waals surface area contributed by atoms with Gasteiger partial charge in [-0.3, -0.25) is 14.9 Å². The summed E-state index contributed by atoms with van der Waals surface area (Å²) in [5.41, 5.74) is 5.82. The highest BCUT2D eigenvalue weighted by molar-refractivity contribution is 5.90. The molecule has 2 N–H and O–H groups in total. The van der Waals surface area contributed by atoms with Crippen molar-refractivity contribution in [3.63, 3.8) is 0 Å². The third-order valence-electron chi connectivity index (χ3n) is 4.59. The molecule has 6 heteroatoms. The Kier molecular flexibility index (Phi) is 8.48. The van der Waals surface area contributed by atoms with Crippen molar-refractivity contribution in [1.29, 1.82) is 0 Å². The highest BCUT2D eigenvalue weighted by atomic mass is 16.5. The van der Waals surface area contributed by atoms with Gasteiger partial charge in [-0.2, -0.15) is 0 Å². The Balaban J connectivity index is 2.36. The molecule has 0 bridgehead atoms. The number of amides is 1. The number of imidazole rings is 1. The van der Waals surface area contributed by atoms with E-state index in [2.05, 4.69) is 30.1 Å². The molecule has 0 atom stereocenters. The minimum absolute atomic E-state index is 0.544. The molecule has 27 heavy (non-hydrogen) atoms. The zero-order chi connectivity index (χ0) is 19.6. The molecule has 0 aromatic carbocycles. The minimum Gasteiger partial charge on any atom is -0.302 e. The molecule has 1 amide bonds. The Bertz CT molecular complexity index is 761. The smallest absolute Gasteiger partial charge is 0.267 e. The molecule has 0 saturated heterocycles. The van der Waals surface area contributed by atoms with Crippen molar-refractivity contribution in [2.24, 2.45) is 0 Å². The van der Waals surface area contributed by atoms with E-state index in [0.29, 0.717) is 0 Å². The molecule has 0 saturated carbocycles. The summed E-state index contributed by atoms with van der Waals surface area (Å²) in [7, 11) is 0. The van der Waals surface area contributed by atoms with E-state index in [9.17, 15) is 4.79 Å². The van der Waals surface area contributed by atoms with Gasteiger partial charge in [-0.25, -0.2) is 10.5 Å². The number of nitrogens with zero attached hydrogens (tertiary/aromatic N) is 3. The van der Waals surface area contributed by atoms with Gasteiger partial charge in [0.2, 0.25) is 0 Å².